The van der Waals surface area contributed by atoms with Crippen LogP contribution in [0.3, 0.4) is 0 Å². The van der Waals surface area contributed by atoms with Gasteiger partial charge in [-0.1, -0.05) is 69.9 Å². The number of esters is 1. The first-order valence-electron chi connectivity index (χ1n) is 17.5. The molecule has 0 radical (unpaired) electrons. The highest BCUT2D eigenvalue weighted by atomic mass is 16.6. The van der Waals surface area contributed by atoms with Crippen LogP contribution in [0.5, 0.6) is 5.75 Å². The third-order valence-corrected chi connectivity index (χ3v) is 9.27. The Morgan fingerprint density at radius 1 is 0.696 bits per heavy atom. The molecule has 7 heteroatoms. The highest BCUT2D eigenvalue weighted by Crippen LogP contribution is 2.39. The van der Waals surface area contributed by atoms with E-state index in [1.54, 1.807) is 50.4 Å². The number of Topliss-reactive ketones (excluding diaryl/α,β-unsaturated/α-hetero) is 1. The van der Waals surface area contributed by atoms with Crippen molar-refractivity contribution >= 4 is 17.5 Å². The summed E-state index contributed by atoms with van der Waals surface area (Å²) in [7, 11) is 1.61. The second kappa shape index (κ2) is 21.0. The van der Waals surface area contributed by atoms with E-state index in [1.807, 2.05) is 32.0 Å². The van der Waals surface area contributed by atoms with Gasteiger partial charge in [-0.3, -0.25) is 9.59 Å². The predicted octanol–water partition coefficient (Wildman–Crippen LogP) is 8.27. The van der Waals surface area contributed by atoms with Crippen LogP contribution in [0, 0.1) is 23.7 Å². The van der Waals surface area contributed by atoms with Crippen LogP contribution in [-0.4, -0.2) is 57.2 Å². The average Bonchev–Trinajstić information content (AvgIpc) is 3.08. The number of rotatable bonds is 17. The summed E-state index contributed by atoms with van der Waals surface area (Å²) in [6.45, 7) is 6.81. The number of ether oxygens (including phenoxy) is 4. The van der Waals surface area contributed by atoms with Crippen LogP contribution in [-0.2, 0) is 23.8 Å². The van der Waals surface area contributed by atoms with Gasteiger partial charge in [-0.05, 0) is 87.0 Å². The third kappa shape index (κ3) is 13.4. The lowest BCUT2D eigenvalue weighted by Gasteiger charge is -2.33. The lowest BCUT2D eigenvalue weighted by molar-refractivity contribution is -0.148. The van der Waals surface area contributed by atoms with Crippen LogP contribution < -0.4 is 4.74 Å². The second-order valence-electron chi connectivity index (χ2n) is 12.8. The van der Waals surface area contributed by atoms with Crippen molar-refractivity contribution in [2.24, 2.45) is 23.7 Å². The Hall–Kier alpha value is -3.03. The summed E-state index contributed by atoms with van der Waals surface area (Å²) in [4.78, 5) is 36.5. The number of hydrogen-bond acceptors (Lipinski definition) is 7. The molecule has 0 heterocycles. The van der Waals surface area contributed by atoms with Gasteiger partial charge in [-0.15, -0.1) is 0 Å². The maximum Gasteiger partial charge on any atom is 0.306 e. The Bertz CT molecular complexity index is 1150. The van der Waals surface area contributed by atoms with Crippen molar-refractivity contribution in [3.63, 3.8) is 0 Å². The molecule has 0 aromatic heterocycles. The van der Waals surface area contributed by atoms with Crippen molar-refractivity contribution in [1.82, 2.24) is 0 Å². The standard InChI is InChI=1S/C37H50O7.C2H6/c1-27(38)22-28-8-10-29(11-9-28)23-30-12-14-31(15-13-30)24-36(39)43-21-20-42-35(25-41-2)26-44-34-18-16-33(17-19-34)37(40)32-6-4-3-5-7-32;1-2/h3-7,16-19,28-31,35H,8-15,20-26H2,1-2H3;1-2H3. The fourth-order valence-corrected chi connectivity index (χ4v) is 6.86. The van der Waals surface area contributed by atoms with Crippen molar-refractivity contribution in [2.75, 3.05) is 33.5 Å². The van der Waals surface area contributed by atoms with Gasteiger partial charge in [0.05, 0.1) is 13.2 Å². The number of benzene rings is 2. The van der Waals surface area contributed by atoms with E-state index in [-0.39, 0.29) is 37.7 Å². The highest BCUT2D eigenvalue weighted by Gasteiger charge is 2.28. The van der Waals surface area contributed by atoms with Gasteiger partial charge in [0.2, 0.25) is 0 Å². The fourth-order valence-electron chi connectivity index (χ4n) is 6.86. The van der Waals surface area contributed by atoms with E-state index in [2.05, 4.69) is 0 Å². The summed E-state index contributed by atoms with van der Waals surface area (Å²) >= 11 is 0. The summed E-state index contributed by atoms with van der Waals surface area (Å²) in [5.74, 6) is 3.40. The molecule has 2 aromatic carbocycles. The molecular formula is C39H56O7. The van der Waals surface area contributed by atoms with Crippen molar-refractivity contribution < 1.29 is 33.3 Å². The van der Waals surface area contributed by atoms with Gasteiger partial charge in [0.25, 0.3) is 0 Å². The lowest BCUT2D eigenvalue weighted by atomic mass is 9.72. The van der Waals surface area contributed by atoms with Crippen LogP contribution >= 0.6 is 0 Å². The molecular weight excluding hydrogens is 580 g/mol. The van der Waals surface area contributed by atoms with Gasteiger partial charge in [0.15, 0.2) is 5.78 Å². The van der Waals surface area contributed by atoms with E-state index < -0.39 is 0 Å². The first kappa shape index (κ1) is 37.4. The molecule has 0 aliphatic heterocycles. The normalized spacial score (nSPS) is 21.7. The zero-order valence-electron chi connectivity index (χ0n) is 28.5. The van der Waals surface area contributed by atoms with E-state index in [0.29, 0.717) is 47.5 Å². The summed E-state index contributed by atoms with van der Waals surface area (Å²) in [6.07, 6.45) is 11.8. The lowest BCUT2D eigenvalue weighted by Crippen LogP contribution is -2.28. The minimum atomic E-state index is -0.316. The Labute approximate surface area is 276 Å². The zero-order valence-corrected chi connectivity index (χ0v) is 28.5. The smallest absolute Gasteiger partial charge is 0.306 e. The van der Waals surface area contributed by atoms with E-state index in [9.17, 15) is 14.4 Å². The topological polar surface area (TPSA) is 88.1 Å². The number of carbonyl (C=O) groups excluding carboxylic acids is 3. The van der Waals surface area contributed by atoms with Gasteiger partial charge in [0, 0.05) is 31.1 Å². The molecule has 2 aromatic rings. The molecule has 4 rings (SSSR count). The van der Waals surface area contributed by atoms with E-state index in [4.69, 9.17) is 18.9 Å². The van der Waals surface area contributed by atoms with Crippen molar-refractivity contribution in [2.45, 2.75) is 97.5 Å². The molecule has 254 valence electrons. The molecule has 0 N–H and O–H groups in total. The molecule has 1 unspecified atom stereocenters. The molecule has 0 saturated heterocycles. The summed E-state index contributed by atoms with van der Waals surface area (Å²) in [5.41, 5.74) is 1.25. The number of methoxy groups -OCH3 is 1. The van der Waals surface area contributed by atoms with E-state index in [0.717, 1.165) is 31.1 Å². The minimum absolute atomic E-state index is 0.0313. The van der Waals surface area contributed by atoms with Gasteiger partial charge in [0.1, 0.15) is 30.9 Å². The largest absolute Gasteiger partial charge is 0.491 e. The maximum atomic E-state index is 12.6. The SMILES string of the molecule is CC.COCC(COc1ccc(C(=O)c2ccccc2)cc1)OCCOC(=O)CC1CCC(CC2CCC(CC(C)=O)CC2)CC1. The van der Waals surface area contributed by atoms with Crippen LogP contribution in [0.15, 0.2) is 54.6 Å². The number of hydrogen-bond donors (Lipinski definition) is 0. The van der Waals surface area contributed by atoms with Gasteiger partial charge >= 0.3 is 5.97 Å². The van der Waals surface area contributed by atoms with Crippen molar-refractivity contribution in [1.29, 1.82) is 0 Å². The van der Waals surface area contributed by atoms with E-state index >= 15 is 0 Å². The second-order valence-corrected chi connectivity index (χ2v) is 12.8. The molecule has 0 amide bonds. The molecule has 2 saturated carbocycles. The summed E-state index contributed by atoms with van der Waals surface area (Å²) in [6, 6.07) is 16.2. The molecule has 2 aliphatic rings. The van der Waals surface area contributed by atoms with Crippen LogP contribution in [0.25, 0.3) is 0 Å². The number of carbonyl (C=O) groups is 3. The number of ketones is 2. The summed E-state index contributed by atoms with van der Waals surface area (Å²) < 4.78 is 22.5. The Kier molecular flexibility index (Phi) is 17.1. The summed E-state index contributed by atoms with van der Waals surface area (Å²) in [5, 5.41) is 0. The molecule has 46 heavy (non-hydrogen) atoms. The van der Waals surface area contributed by atoms with Crippen molar-refractivity contribution in [3.05, 3.63) is 65.7 Å². The Morgan fingerprint density at radius 2 is 1.24 bits per heavy atom. The zero-order chi connectivity index (χ0) is 33.1. The van der Waals surface area contributed by atoms with Gasteiger partial charge < -0.3 is 23.7 Å². The molecule has 0 bridgehead atoms. The minimum Gasteiger partial charge on any atom is -0.491 e. The highest BCUT2D eigenvalue weighted by molar-refractivity contribution is 6.08. The molecule has 7 nitrogen and oxygen atoms in total. The quantitative estimate of drug-likeness (QED) is 0.0981. The first-order valence-corrected chi connectivity index (χ1v) is 17.5. The van der Waals surface area contributed by atoms with E-state index in [1.165, 1.54) is 44.9 Å². The van der Waals surface area contributed by atoms with Crippen LogP contribution in [0.4, 0.5) is 0 Å². The monoisotopic (exact) mass is 636 g/mol. The third-order valence-electron chi connectivity index (χ3n) is 9.27. The van der Waals surface area contributed by atoms with Gasteiger partial charge in [-0.25, -0.2) is 0 Å². The van der Waals surface area contributed by atoms with Gasteiger partial charge in [-0.2, -0.15) is 0 Å². The Balaban J connectivity index is 0.00000282. The molecule has 2 fully saturated rings. The molecule has 0 spiro atoms. The maximum absolute atomic E-state index is 12.6. The molecule has 1 atom stereocenters. The molecule has 2 aliphatic carbocycles. The fraction of sp³-hybridized carbons (Fsp3) is 0.615. The average molecular weight is 637 g/mol. The van der Waals surface area contributed by atoms with Crippen LogP contribution in [0.2, 0.25) is 0 Å². The first-order chi connectivity index (χ1) is 22.4. The Morgan fingerprint density at radius 3 is 1.80 bits per heavy atom. The van der Waals surface area contributed by atoms with Crippen molar-refractivity contribution in [3.8, 4) is 5.75 Å². The van der Waals surface area contributed by atoms with Crippen LogP contribution in [0.1, 0.15) is 107 Å². The predicted molar refractivity (Wildman–Crippen MR) is 181 cm³/mol.